The normalized spacial score (nSPS) is 10.8. The zero-order valence-electron chi connectivity index (χ0n) is 13.4. The molecule has 0 radical (unpaired) electrons. The van der Waals surface area contributed by atoms with E-state index >= 15 is 0 Å². The van der Waals surface area contributed by atoms with Gasteiger partial charge in [0.25, 0.3) is 0 Å². The molecule has 2 N–H and O–H groups in total. The summed E-state index contributed by atoms with van der Waals surface area (Å²) in [5.74, 6) is 0.00574. The maximum absolute atomic E-state index is 11.7. The van der Waals surface area contributed by atoms with Crippen molar-refractivity contribution in [2.24, 2.45) is 0 Å². The van der Waals surface area contributed by atoms with E-state index in [-0.39, 0.29) is 5.91 Å². The van der Waals surface area contributed by atoms with E-state index in [4.69, 9.17) is 11.6 Å². The van der Waals surface area contributed by atoms with Gasteiger partial charge in [0.2, 0.25) is 5.91 Å². The third kappa shape index (κ3) is 5.56. The van der Waals surface area contributed by atoms with Gasteiger partial charge in [0.15, 0.2) is 0 Å². The highest BCUT2D eigenvalue weighted by Crippen LogP contribution is 2.27. The van der Waals surface area contributed by atoms with Crippen LogP contribution in [-0.4, -0.2) is 32.1 Å². The molecule has 1 amide bonds. The number of anilines is 1. The molecule has 0 aliphatic carbocycles. The summed E-state index contributed by atoms with van der Waals surface area (Å²) in [6.07, 6.45) is 0.973. The van der Waals surface area contributed by atoms with Crippen molar-refractivity contribution < 1.29 is 4.79 Å². The van der Waals surface area contributed by atoms with Crippen molar-refractivity contribution in [3.05, 3.63) is 28.8 Å². The molecule has 0 saturated heterocycles. The third-order valence-electron chi connectivity index (χ3n) is 3.23. The summed E-state index contributed by atoms with van der Waals surface area (Å²) in [5, 5.41) is 6.81. The summed E-state index contributed by atoms with van der Waals surface area (Å²) in [5.41, 5.74) is 2.08. The smallest absolute Gasteiger partial charge is 0.239 e. The Morgan fingerprint density at radius 1 is 1.38 bits per heavy atom. The highest BCUT2D eigenvalue weighted by Gasteiger charge is 2.15. The second-order valence-electron chi connectivity index (χ2n) is 5.37. The van der Waals surface area contributed by atoms with Crippen molar-refractivity contribution in [1.82, 2.24) is 10.6 Å². The van der Waals surface area contributed by atoms with Crippen LogP contribution >= 0.6 is 11.6 Å². The first-order chi connectivity index (χ1) is 9.99. The lowest BCUT2D eigenvalue weighted by Crippen LogP contribution is -2.37. The van der Waals surface area contributed by atoms with Gasteiger partial charge in [0, 0.05) is 42.5 Å². The predicted octanol–water partition coefficient (Wildman–Crippen LogP) is 2.80. The van der Waals surface area contributed by atoms with Crippen LogP contribution < -0.4 is 15.5 Å². The minimum atomic E-state index is 0.00574. The first kappa shape index (κ1) is 17.8. The molecular weight excluding hydrogens is 286 g/mol. The lowest BCUT2D eigenvalue weighted by molar-refractivity contribution is -0.119. The van der Waals surface area contributed by atoms with Crippen molar-refractivity contribution in [2.45, 2.75) is 39.8 Å². The molecule has 1 aromatic rings. The fourth-order valence-corrected chi connectivity index (χ4v) is 2.37. The zero-order valence-corrected chi connectivity index (χ0v) is 14.1. The number of hydrogen-bond acceptors (Lipinski definition) is 3. The molecule has 0 heterocycles. The number of likely N-dealkylation sites (N-methyl/N-ethyl adjacent to an activating group) is 1. The first-order valence-corrected chi connectivity index (χ1v) is 7.83. The van der Waals surface area contributed by atoms with Crippen molar-refractivity contribution in [1.29, 1.82) is 0 Å². The van der Waals surface area contributed by atoms with Gasteiger partial charge in [-0.2, -0.15) is 0 Å². The number of nitrogens with one attached hydrogen (secondary N) is 2. The minimum absolute atomic E-state index is 0.00574. The molecule has 118 valence electrons. The molecule has 0 saturated carbocycles. The van der Waals surface area contributed by atoms with Gasteiger partial charge in [-0.25, -0.2) is 0 Å². The molecule has 1 rings (SSSR count). The molecule has 0 spiro atoms. The van der Waals surface area contributed by atoms with Gasteiger partial charge in [0.1, 0.15) is 0 Å². The maximum atomic E-state index is 11.7. The van der Waals surface area contributed by atoms with E-state index < -0.39 is 0 Å². The monoisotopic (exact) mass is 311 g/mol. The number of rotatable bonds is 8. The number of hydrogen-bond donors (Lipinski definition) is 2. The molecule has 0 unspecified atom stereocenters. The Hall–Kier alpha value is -1.26. The fourth-order valence-electron chi connectivity index (χ4n) is 2.13. The molecule has 1 aromatic carbocycles. The van der Waals surface area contributed by atoms with Gasteiger partial charge in [-0.05, 0) is 18.6 Å². The van der Waals surface area contributed by atoms with Gasteiger partial charge in [-0.1, -0.05) is 38.4 Å². The molecule has 0 aliphatic rings. The highest BCUT2D eigenvalue weighted by atomic mass is 35.5. The van der Waals surface area contributed by atoms with Gasteiger partial charge >= 0.3 is 0 Å². The van der Waals surface area contributed by atoms with E-state index in [1.165, 1.54) is 0 Å². The van der Waals surface area contributed by atoms with Crippen LogP contribution in [0, 0.1) is 0 Å². The lowest BCUT2D eigenvalue weighted by Gasteiger charge is -2.27. The molecule has 5 heteroatoms. The van der Waals surface area contributed by atoms with Crippen LogP contribution in [0.3, 0.4) is 0 Å². The van der Waals surface area contributed by atoms with E-state index in [1.54, 1.807) is 7.05 Å². The van der Waals surface area contributed by atoms with Crippen LogP contribution in [0.15, 0.2) is 18.2 Å². The van der Waals surface area contributed by atoms with Crippen LogP contribution in [-0.2, 0) is 11.3 Å². The molecule has 0 aliphatic heterocycles. The Labute approximate surface area is 132 Å². The molecule has 0 fully saturated rings. The number of carbonyl (C=O) groups excluding carboxylic acids is 1. The number of nitrogens with zero attached hydrogens (tertiary/aromatic N) is 1. The van der Waals surface area contributed by atoms with E-state index in [0.717, 1.165) is 29.2 Å². The molecule has 0 aromatic heterocycles. The zero-order chi connectivity index (χ0) is 15.8. The van der Waals surface area contributed by atoms with E-state index in [2.05, 4.69) is 36.3 Å². The summed E-state index contributed by atoms with van der Waals surface area (Å²) in [4.78, 5) is 13.8. The highest BCUT2D eigenvalue weighted by molar-refractivity contribution is 6.31. The van der Waals surface area contributed by atoms with Crippen LogP contribution in [0.1, 0.15) is 32.8 Å². The molecule has 0 bridgehead atoms. The van der Waals surface area contributed by atoms with E-state index in [9.17, 15) is 4.79 Å². The summed E-state index contributed by atoms with van der Waals surface area (Å²) >= 11 is 6.36. The van der Waals surface area contributed by atoms with Crippen molar-refractivity contribution in [3.63, 3.8) is 0 Å². The van der Waals surface area contributed by atoms with Crippen molar-refractivity contribution >= 4 is 23.2 Å². The number of halogens is 1. The van der Waals surface area contributed by atoms with Gasteiger partial charge in [0.05, 0.1) is 6.54 Å². The van der Waals surface area contributed by atoms with Crippen LogP contribution in [0.2, 0.25) is 5.02 Å². The molecule has 21 heavy (non-hydrogen) atoms. The maximum Gasteiger partial charge on any atom is 0.239 e. The van der Waals surface area contributed by atoms with Crippen LogP contribution in [0.4, 0.5) is 5.69 Å². The lowest BCUT2D eigenvalue weighted by atomic mass is 10.1. The SMILES string of the molecule is CCCN(CC(=O)NC)c1cccc(Cl)c1CNC(C)C. The minimum Gasteiger partial charge on any atom is -0.362 e. The largest absolute Gasteiger partial charge is 0.362 e. The average Bonchev–Trinajstić information content (AvgIpc) is 2.45. The summed E-state index contributed by atoms with van der Waals surface area (Å²) in [6, 6.07) is 6.24. The fraction of sp³-hybridized carbons (Fsp3) is 0.562. The Morgan fingerprint density at radius 3 is 2.67 bits per heavy atom. The van der Waals surface area contributed by atoms with Gasteiger partial charge < -0.3 is 15.5 Å². The topological polar surface area (TPSA) is 44.4 Å². The summed E-state index contributed by atoms with van der Waals surface area (Å²) in [6.45, 7) is 8.17. The molecular formula is C16H26ClN3O. The number of amides is 1. The number of carbonyl (C=O) groups is 1. The van der Waals surface area contributed by atoms with Crippen LogP contribution in [0.5, 0.6) is 0 Å². The van der Waals surface area contributed by atoms with Crippen molar-refractivity contribution in [2.75, 3.05) is 25.0 Å². The summed E-state index contributed by atoms with van der Waals surface area (Å²) < 4.78 is 0. The van der Waals surface area contributed by atoms with Crippen LogP contribution in [0.25, 0.3) is 0 Å². The standard InChI is InChI=1S/C16H26ClN3O/c1-5-9-20(11-16(21)18-4)15-8-6-7-14(17)13(15)10-19-12(2)3/h6-8,12,19H,5,9-11H2,1-4H3,(H,18,21). The Morgan fingerprint density at radius 2 is 2.10 bits per heavy atom. The van der Waals surface area contributed by atoms with Gasteiger partial charge in [-0.3, -0.25) is 4.79 Å². The van der Waals surface area contributed by atoms with E-state index in [0.29, 0.717) is 19.1 Å². The summed E-state index contributed by atoms with van der Waals surface area (Å²) in [7, 11) is 1.66. The second-order valence-corrected chi connectivity index (χ2v) is 5.78. The average molecular weight is 312 g/mol. The Kier molecular flexibility index (Phi) is 7.54. The molecule has 4 nitrogen and oxygen atoms in total. The second kappa shape index (κ2) is 8.90. The first-order valence-electron chi connectivity index (χ1n) is 7.45. The quantitative estimate of drug-likeness (QED) is 0.776. The number of benzene rings is 1. The third-order valence-corrected chi connectivity index (χ3v) is 3.58. The Bertz CT molecular complexity index is 463. The van der Waals surface area contributed by atoms with E-state index in [1.807, 2.05) is 18.2 Å². The predicted molar refractivity (Wildman–Crippen MR) is 90.0 cm³/mol. The van der Waals surface area contributed by atoms with Crippen molar-refractivity contribution in [3.8, 4) is 0 Å². The van der Waals surface area contributed by atoms with Gasteiger partial charge in [-0.15, -0.1) is 0 Å². The molecule has 0 atom stereocenters. The Balaban J connectivity index is 3.05.